The summed E-state index contributed by atoms with van der Waals surface area (Å²) in [5.74, 6) is 0. The van der Waals surface area contributed by atoms with Crippen LogP contribution < -0.4 is 0 Å². The molecule has 0 N–H and O–H groups in total. The molecule has 0 aromatic carbocycles. The number of halogens is 2. The first-order chi connectivity index (χ1) is 1.41. The van der Waals surface area contributed by atoms with Crippen LogP contribution in [0, 0.1) is 0 Å². The molecule has 0 atom stereocenters. The molecule has 0 aromatic heterocycles. The predicted molar refractivity (Wildman–Crippen MR) is 21.8 cm³/mol. The molecule has 0 rings (SSSR count). The van der Waals surface area contributed by atoms with Gasteiger partial charge in [0, 0.05) is 5.15 Å². The van der Waals surface area contributed by atoms with Gasteiger partial charge >= 0.3 is 49.8 Å². The van der Waals surface area contributed by atoms with Crippen molar-refractivity contribution in [2.24, 2.45) is 0 Å². The second-order valence-electron chi connectivity index (χ2n) is 0.0583. The van der Waals surface area contributed by atoms with Crippen LogP contribution in [0.3, 0.4) is 0 Å². The van der Waals surface area contributed by atoms with Crippen LogP contribution in [0.4, 0.5) is 9.05 Å². The van der Waals surface area contributed by atoms with E-state index >= 15 is 0 Å². The molecule has 5 heteroatoms. The van der Waals surface area contributed by atoms with E-state index < -0.39 is 0 Å². The van der Waals surface area contributed by atoms with Crippen molar-refractivity contribution in [3.05, 3.63) is 0 Å². The Morgan fingerprint density at radius 2 is 1.20 bits per heavy atom. The Balaban J connectivity index is -0.0000000200. The van der Waals surface area contributed by atoms with Gasteiger partial charge in [0.25, 0.3) is 0 Å². The molecule has 0 aliphatic carbocycles. The van der Waals surface area contributed by atoms with Crippen molar-refractivity contribution >= 4 is 49.8 Å². The van der Waals surface area contributed by atoms with E-state index in [4.69, 9.17) is 9.05 Å². The second-order valence-corrected chi connectivity index (χ2v) is 0.0583. The topological polar surface area (TPSA) is 9.23 Å². The van der Waals surface area contributed by atoms with Gasteiger partial charge in [0.1, 0.15) is 0 Å². The Labute approximate surface area is 63.6 Å². The van der Waals surface area contributed by atoms with Gasteiger partial charge in [0.05, 0.1) is 0 Å². The van der Waals surface area contributed by atoms with Crippen molar-refractivity contribution in [2.75, 3.05) is 0 Å². The van der Waals surface area contributed by atoms with Crippen LogP contribution >= 0.6 is 0 Å². The van der Waals surface area contributed by atoms with Crippen LogP contribution in [0.15, 0.2) is 0 Å². The van der Waals surface area contributed by atoms with Crippen molar-refractivity contribution in [2.45, 2.75) is 0 Å². The maximum absolute atomic E-state index is 9.12. The monoisotopic (exact) mass is 294 g/mol. The van der Waals surface area contributed by atoms with Gasteiger partial charge in [0.2, 0.25) is 0 Å². The van der Waals surface area contributed by atoms with Crippen molar-refractivity contribution in [3.63, 3.8) is 0 Å². The second kappa shape index (κ2) is 17.9. The summed E-state index contributed by atoms with van der Waals surface area (Å²) < 4.78 is 18.2. The first kappa shape index (κ1) is 16.1. The van der Waals surface area contributed by atoms with Crippen molar-refractivity contribution in [3.8, 4) is 0 Å². The van der Waals surface area contributed by atoms with E-state index in [1.165, 1.54) is 5.15 Å². The van der Waals surface area contributed by atoms with E-state index in [9.17, 15) is 0 Å². The van der Waals surface area contributed by atoms with Gasteiger partial charge < -0.3 is 0 Å². The van der Waals surface area contributed by atoms with E-state index in [0.29, 0.717) is 0 Å². The van der Waals surface area contributed by atoms with Crippen molar-refractivity contribution < 1.29 is 14.2 Å². The van der Waals surface area contributed by atoms with E-state index in [0.717, 1.165) is 0 Å². The predicted octanol–water partition coefficient (Wildman–Crippen LogP) is -1.33. The summed E-state index contributed by atoms with van der Waals surface area (Å²) in [5.41, 5.74) is 0. The average Bonchev–Trinajstić information content (AvgIpc) is 0.918. The van der Waals surface area contributed by atoms with Gasteiger partial charge in [-0.15, -0.1) is 0 Å². The molecule has 0 amide bonds. The fourth-order valence-corrected chi connectivity index (χ4v) is 0. The Hall–Kier alpha value is 1.49. The third kappa shape index (κ3) is 30.1. The Morgan fingerprint density at radius 1 is 1.20 bits per heavy atom. The molecule has 0 saturated heterocycles. The molecule has 0 unspecified atom stereocenters. The minimum absolute atomic E-state index is 0. The molecule has 5 heavy (non-hydrogen) atoms. The van der Waals surface area contributed by atoms with E-state index in [1.54, 1.807) is 0 Å². The van der Waals surface area contributed by atoms with Gasteiger partial charge in [-0.2, -0.15) is 0 Å². The molecule has 0 bridgehead atoms. The molecule has 0 aromatic rings. The summed E-state index contributed by atoms with van der Waals surface area (Å²) in [5, 5.41) is 1.25. The zero-order valence-corrected chi connectivity index (χ0v) is 5.91. The van der Waals surface area contributed by atoms with Crippen LogP contribution in [0.25, 0.3) is 0 Å². The zero-order chi connectivity index (χ0) is 2.71. The fourth-order valence-electron chi connectivity index (χ4n) is 0. The van der Waals surface area contributed by atoms with E-state index in [2.05, 4.69) is 0 Å². The molecule has 2 radical (unpaired) electrons. The Kier molecular flexibility index (Phi) is 57.4. The Bertz CT molecular complexity index is 9.61. The van der Waals surface area contributed by atoms with Crippen LogP contribution in [0.1, 0.15) is 0 Å². The Morgan fingerprint density at radius 3 is 1.20 bits per heavy atom. The maximum atomic E-state index is 9.12. The van der Waals surface area contributed by atoms with E-state index in [1.807, 2.05) is 0 Å². The summed E-state index contributed by atoms with van der Waals surface area (Å²) >= 11 is 0. The zero-order valence-electron chi connectivity index (χ0n) is 1.87. The average molecular weight is 293 g/mol. The van der Waals surface area contributed by atoms with Crippen molar-refractivity contribution in [1.29, 1.82) is 0 Å². The van der Waals surface area contributed by atoms with Crippen LogP contribution in [-0.4, -0.2) is 49.8 Å². The number of rotatable bonds is 0. The SMILES string of the molecule is FOF.[InH3].[SnH2]. The summed E-state index contributed by atoms with van der Waals surface area (Å²) in [6.45, 7) is 0. The quantitative estimate of drug-likeness (QED) is 0.503. The third-order valence-corrected chi connectivity index (χ3v) is 0. The number of hydrogen-bond donors (Lipinski definition) is 0. The van der Waals surface area contributed by atoms with Crippen molar-refractivity contribution in [1.82, 2.24) is 0 Å². The minimum atomic E-state index is 0. The number of hydrogen-bond acceptors (Lipinski definition) is 1. The summed E-state index contributed by atoms with van der Waals surface area (Å²) in [6, 6.07) is 0. The summed E-state index contributed by atoms with van der Waals surface area (Å²) in [4.78, 5) is 0. The molecular formula is H5F2InOSn. The molecule has 0 saturated carbocycles. The first-order valence-electron chi connectivity index (χ1n) is 0.309. The van der Waals surface area contributed by atoms with Gasteiger partial charge in [0.15, 0.2) is 0 Å². The molecule has 0 aliphatic rings. The van der Waals surface area contributed by atoms with Crippen LogP contribution in [0.2, 0.25) is 0 Å². The molecular weight excluding hydrogens is 288 g/mol. The summed E-state index contributed by atoms with van der Waals surface area (Å²) in [6.07, 6.45) is 0. The first-order valence-corrected chi connectivity index (χ1v) is 0.309. The molecule has 0 heterocycles. The molecule has 0 fully saturated rings. The van der Waals surface area contributed by atoms with Gasteiger partial charge in [-0.25, -0.2) is 0 Å². The molecule has 1 nitrogen and oxygen atoms in total. The van der Waals surface area contributed by atoms with Gasteiger partial charge in [-0.3, -0.25) is 0 Å². The van der Waals surface area contributed by atoms with E-state index in [-0.39, 0.29) is 49.8 Å². The van der Waals surface area contributed by atoms with Gasteiger partial charge in [-0.05, 0) is 9.05 Å². The summed E-state index contributed by atoms with van der Waals surface area (Å²) in [7, 11) is 0. The third-order valence-electron chi connectivity index (χ3n) is 0. The standard InChI is InChI=1S/F2O.In.Sn.5H/c1-3-2;;;;;;;. The fraction of sp³-hybridized carbons (Fsp3) is 0. The van der Waals surface area contributed by atoms with Gasteiger partial charge in [-0.1, -0.05) is 0 Å². The molecule has 0 spiro atoms. The van der Waals surface area contributed by atoms with Crippen LogP contribution in [0.5, 0.6) is 0 Å². The van der Waals surface area contributed by atoms with Crippen LogP contribution in [-0.2, 0) is 5.15 Å². The molecule has 0 aliphatic heterocycles. The molecule has 32 valence electrons. The normalized spacial score (nSPS) is 3.60.